The molecule has 0 amide bonds. The van der Waals surface area contributed by atoms with Gasteiger partial charge >= 0.3 is 0 Å². The molecule has 0 saturated heterocycles. The Labute approximate surface area is 131 Å². The molecule has 0 aliphatic heterocycles. The standard InChI is InChI=1S/C14H12Cl2O5/c1-19-6-4-7(20-2)9(8(5-6)21-3)10-11(15)14(18)12(16)13(10)17/h4-5,12H,1-3H3. The molecule has 1 unspecified atom stereocenters. The van der Waals surface area contributed by atoms with Crippen LogP contribution < -0.4 is 14.2 Å². The number of alkyl halides is 1. The molecule has 21 heavy (non-hydrogen) atoms. The van der Waals surface area contributed by atoms with Crippen LogP contribution in [-0.2, 0) is 9.59 Å². The van der Waals surface area contributed by atoms with Gasteiger partial charge in [-0.25, -0.2) is 0 Å². The van der Waals surface area contributed by atoms with E-state index in [2.05, 4.69) is 0 Å². The number of ketones is 2. The third-order valence-corrected chi connectivity index (χ3v) is 3.88. The van der Waals surface area contributed by atoms with Gasteiger partial charge in [0.05, 0.1) is 37.5 Å². The van der Waals surface area contributed by atoms with Crippen LogP contribution in [0.1, 0.15) is 5.56 Å². The summed E-state index contributed by atoms with van der Waals surface area (Å²) in [7, 11) is 4.33. The zero-order valence-electron chi connectivity index (χ0n) is 11.5. The lowest BCUT2D eigenvalue weighted by Crippen LogP contribution is -2.16. The third-order valence-electron chi connectivity index (χ3n) is 3.11. The van der Waals surface area contributed by atoms with Crippen LogP contribution in [0.4, 0.5) is 0 Å². The number of methoxy groups -OCH3 is 3. The van der Waals surface area contributed by atoms with Crippen molar-refractivity contribution in [1.82, 2.24) is 0 Å². The first-order valence-corrected chi connectivity index (χ1v) is 6.70. The zero-order chi connectivity index (χ0) is 15.7. The summed E-state index contributed by atoms with van der Waals surface area (Å²) in [6.45, 7) is 0. The Hall–Kier alpha value is -1.72. The monoisotopic (exact) mass is 330 g/mol. The normalized spacial score (nSPS) is 18.2. The fourth-order valence-electron chi connectivity index (χ4n) is 2.07. The molecule has 0 bridgehead atoms. The molecule has 0 heterocycles. The Kier molecular flexibility index (Phi) is 4.44. The lowest BCUT2D eigenvalue weighted by atomic mass is 10.0. The van der Waals surface area contributed by atoms with Crippen molar-refractivity contribution >= 4 is 40.3 Å². The van der Waals surface area contributed by atoms with Crippen molar-refractivity contribution in [3.63, 3.8) is 0 Å². The van der Waals surface area contributed by atoms with E-state index in [1.165, 1.54) is 21.3 Å². The molecule has 112 valence electrons. The molecule has 0 radical (unpaired) electrons. The smallest absolute Gasteiger partial charge is 0.200 e. The van der Waals surface area contributed by atoms with Crippen LogP contribution in [0.5, 0.6) is 17.2 Å². The summed E-state index contributed by atoms with van der Waals surface area (Å²) < 4.78 is 15.6. The summed E-state index contributed by atoms with van der Waals surface area (Å²) in [6.07, 6.45) is 0. The highest BCUT2D eigenvalue weighted by molar-refractivity contribution is 6.66. The van der Waals surface area contributed by atoms with Crippen LogP contribution in [0.15, 0.2) is 17.2 Å². The first-order valence-electron chi connectivity index (χ1n) is 5.88. The first kappa shape index (κ1) is 15.7. The highest BCUT2D eigenvalue weighted by Crippen LogP contribution is 2.44. The fraction of sp³-hybridized carbons (Fsp3) is 0.286. The second-order valence-electron chi connectivity index (χ2n) is 4.19. The molecule has 0 N–H and O–H groups in total. The van der Waals surface area contributed by atoms with Crippen molar-refractivity contribution < 1.29 is 23.8 Å². The SMILES string of the molecule is COc1cc(OC)c(C2=C(Cl)C(=O)C(Cl)C2=O)c(OC)c1. The molecule has 1 aliphatic rings. The number of hydrogen-bond donors (Lipinski definition) is 0. The molecule has 1 aliphatic carbocycles. The number of allylic oxidation sites excluding steroid dienone is 2. The van der Waals surface area contributed by atoms with Gasteiger partial charge in [0.15, 0.2) is 11.2 Å². The van der Waals surface area contributed by atoms with E-state index in [1.807, 2.05) is 0 Å². The summed E-state index contributed by atoms with van der Waals surface area (Å²) >= 11 is 11.7. The second kappa shape index (κ2) is 5.95. The van der Waals surface area contributed by atoms with E-state index in [0.717, 1.165) is 0 Å². The molecule has 2 rings (SSSR count). The van der Waals surface area contributed by atoms with Gasteiger partial charge in [0.1, 0.15) is 17.2 Å². The van der Waals surface area contributed by atoms with E-state index in [4.69, 9.17) is 37.4 Å². The third kappa shape index (κ3) is 2.47. The Bertz CT molecular complexity index is 626. The molecule has 5 nitrogen and oxygen atoms in total. The lowest BCUT2D eigenvalue weighted by Gasteiger charge is -2.15. The van der Waals surface area contributed by atoms with Crippen molar-refractivity contribution in [3.05, 3.63) is 22.7 Å². The molecule has 1 atom stereocenters. The lowest BCUT2D eigenvalue weighted by molar-refractivity contribution is -0.119. The number of carbonyl (C=O) groups excluding carboxylic acids is 2. The molecule has 0 saturated carbocycles. The van der Waals surface area contributed by atoms with Crippen molar-refractivity contribution in [2.75, 3.05) is 21.3 Å². The van der Waals surface area contributed by atoms with Gasteiger partial charge in [-0.1, -0.05) is 11.6 Å². The Balaban J connectivity index is 2.74. The van der Waals surface area contributed by atoms with Crippen molar-refractivity contribution in [3.8, 4) is 17.2 Å². The van der Waals surface area contributed by atoms with Crippen LogP contribution in [0.3, 0.4) is 0 Å². The maximum atomic E-state index is 12.2. The van der Waals surface area contributed by atoms with Crippen molar-refractivity contribution in [2.45, 2.75) is 5.38 Å². The molecular formula is C14H12Cl2O5. The van der Waals surface area contributed by atoms with Crippen LogP contribution >= 0.6 is 23.2 Å². The number of halogens is 2. The van der Waals surface area contributed by atoms with E-state index in [0.29, 0.717) is 17.2 Å². The van der Waals surface area contributed by atoms with Crippen molar-refractivity contribution in [1.29, 1.82) is 0 Å². The minimum Gasteiger partial charge on any atom is -0.496 e. The van der Waals surface area contributed by atoms with Crippen LogP contribution in [-0.4, -0.2) is 38.3 Å². The van der Waals surface area contributed by atoms with E-state index < -0.39 is 16.9 Å². The average Bonchev–Trinajstić information content (AvgIpc) is 2.69. The van der Waals surface area contributed by atoms with Gasteiger partial charge in [0.2, 0.25) is 5.78 Å². The number of ether oxygens (including phenoxy) is 3. The van der Waals surface area contributed by atoms with E-state index in [1.54, 1.807) is 12.1 Å². The van der Waals surface area contributed by atoms with E-state index >= 15 is 0 Å². The quantitative estimate of drug-likeness (QED) is 0.626. The van der Waals surface area contributed by atoms with E-state index in [-0.39, 0.29) is 16.2 Å². The summed E-state index contributed by atoms with van der Waals surface area (Å²) in [5.41, 5.74) is 0.283. The predicted molar refractivity (Wildman–Crippen MR) is 78.5 cm³/mol. The number of carbonyl (C=O) groups is 2. The van der Waals surface area contributed by atoms with Gasteiger partial charge in [0.25, 0.3) is 0 Å². The minimum atomic E-state index is -1.32. The summed E-state index contributed by atoms with van der Waals surface area (Å²) in [4.78, 5) is 24.0. The topological polar surface area (TPSA) is 61.8 Å². The average molecular weight is 331 g/mol. The summed E-state index contributed by atoms with van der Waals surface area (Å²) in [6, 6.07) is 3.13. The first-order chi connectivity index (χ1) is 9.96. The summed E-state index contributed by atoms with van der Waals surface area (Å²) in [5.74, 6) is -0.132. The second-order valence-corrected chi connectivity index (χ2v) is 5.00. The van der Waals surface area contributed by atoms with Gasteiger partial charge in [-0.05, 0) is 0 Å². The van der Waals surface area contributed by atoms with Gasteiger partial charge in [-0.15, -0.1) is 11.6 Å². The van der Waals surface area contributed by atoms with E-state index in [9.17, 15) is 9.59 Å². The number of Topliss-reactive ketones (excluding diaryl/α,β-unsaturated/α-hetero) is 2. The molecule has 0 fully saturated rings. The number of rotatable bonds is 4. The molecule has 1 aromatic carbocycles. The highest BCUT2D eigenvalue weighted by Gasteiger charge is 2.41. The number of benzene rings is 1. The van der Waals surface area contributed by atoms with Crippen molar-refractivity contribution in [2.24, 2.45) is 0 Å². The molecular weight excluding hydrogens is 319 g/mol. The molecule has 1 aromatic rings. The van der Waals surface area contributed by atoms with Gasteiger partial charge < -0.3 is 14.2 Å². The Morgan fingerprint density at radius 3 is 1.81 bits per heavy atom. The number of hydrogen-bond acceptors (Lipinski definition) is 5. The van der Waals surface area contributed by atoms with Gasteiger partial charge in [-0.3, -0.25) is 9.59 Å². The molecule has 0 spiro atoms. The highest BCUT2D eigenvalue weighted by atomic mass is 35.5. The van der Waals surface area contributed by atoms with Crippen LogP contribution in [0.2, 0.25) is 0 Å². The van der Waals surface area contributed by atoms with Crippen LogP contribution in [0, 0.1) is 0 Å². The maximum absolute atomic E-state index is 12.2. The minimum absolute atomic E-state index is 0.00183. The predicted octanol–water partition coefficient (Wildman–Crippen LogP) is 2.42. The van der Waals surface area contributed by atoms with Crippen LogP contribution in [0.25, 0.3) is 5.57 Å². The zero-order valence-corrected chi connectivity index (χ0v) is 13.0. The van der Waals surface area contributed by atoms with Gasteiger partial charge in [0, 0.05) is 12.1 Å². The Morgan fingerprint density at radius 2 is 1.48 bits per heavy atom. The fourth-order valence-corrected chi connectivity index (χ4v) is 2.64. The maximum Gasteiger partial charge on any atom is 0.200 e. The van der Waals surface area contributed by atoms with Gasteiger partial charge in [-0.2, -0.15) is 0 Å². The summed E-state index contributed by atoms with van der Waals surface area (Å²) in [5, 5.41) is -1.54. The molecule has 0 aromatic heterocycles. The largest absolute Gasteiger partial charge is 0.496 e. The Morgan fingerprint density at radius 1 is 0.952 bits per heavy atom. The molecule has 7 heteroatoms.